The number of esters is 1. The number of benzene rings is 1. The minimum Gasteiger partial charge on any atom is -0.497 e. The van der Waals surface area contributed by atoms with Crippen LogP contribution < -0.4 is 4.74 Å². The van der Waals surface area contributed by atoms with Gasteiger partial charge in [-0.05, 0) is 45.0 Å². The molecule has 2 rings (SSSR count). The number of hydrogen-bond donors (Lipinski definition) is 1. The number of thioether (sulfide) groups is 1. The number of nitrogens with one attached hydrogen (secondary N) is 1. The first-order valence-corrected chi connectivity index (χ1v) is 7.77. The van der Waals surface area contributed by atoms with Gasteiger partial charge in [0.15, 0.2) is 5.82 Å². The first kappa shape index (κ1) is 16.4. The molecule has 22 heavy (non-hydrogen) atoms. The van der Waals surface area contributed by atoms with E-state index >= 15 is 0 Å². The van der Waals surface area contributed by atoms with Crippen LogP contribution >= 0.6 is 11.8 Å². The van der Waals surface area contributed by atoms with Crippen LogP contribution in [0.1, 0.15) is 20.8 Å². The molecule has 0 atom stereocenters. The van der Waals surface area contributed by atoms with Crippen molar-refractivity contribution in [1.29, 1.82) is 0 Å². The van der Waals surface area contributed by atoms with E-state index in [1.807, 2.05) is 45.0 Å². The maximum absolute atomic E-state index is 11.7. The fourth-order valence-corrected chi connectivity index (χ4v) is 2.26. The second kappa shape index (κ2) is 6.83. The molecule has 118 valence electrons. The van der Waals surface area contributed by atoms with Crippen molar-refractivity contribution in [3.63, 3.8) is 0 Å². The lowest BCUT2D eigenvalue weighted by atomic mass is 10.2. The second-order valence-corrected chi connectivity index (χ2v) is 6.51. The third kappa shape index (κ3) is 4.77. The van der Waals surface area contributed by atoms with E-state index in [4.69, 9.17) is 9.47 Å². The van der Waals surface area contributed by atoms with Gasteiger partial charge >= 0.3 is 5.97 Å². The van der Waals surface area contributed by atoms with Crippen molar-refractivity contribution in [2.75, 3.05) is 12.9 Å². The number of carbonyl (C=O) groups excluding carboxylic acids is 1. The van der Waals surface area contributed by atoms with Crippen molar-refractivity contribution >= 4 is 17.7 Å². The molecular formula is C15H19N3O3S. The number of hydrogen-bond acceptors (Lipinski definition) is 6. The number of aromatic amines is 1. The zero-order valence-electron chi connectivity index (χ0n) is 13.0. The molecule has 0 fully saturated rings. The van der Waals surface area contributed by atoms with Gasteiger partial charge in [-0.15, -0.1) is 5.10 Å². The summed E-state index contributed by atoms with van der Waals surface area (Å²) in [6.07, 6.45) is 0. The van der Waals surface area contributed by atoms with Crippen LogP contribution in [0.15, 0.2) is 29.4 Å². The normalized spacial score (nSPS) is 11.3. The van der Waals surface area contributed by atoms with Crippen molar-refractivity contribution in [3.05, 3.63) is 24.3 Å². The summed E-state index contributed by atoms with van der Waals surface area (Å²) >= 11 is 1.24. The zero-order valence-corrected chi connectivity index (χ0v) is 13.9. The molecule has 0 bridgehead atoms. The molecule has 1 N–H and O–H groups in total. The lowest BCUT2D eigenvalue weighted by Gasteiger charge is -2.18. The number of H-pyrrole nitrogens is 1. The van der Waals surface area contributed by atoms with E-state index in [-0.39, 0.29) is 11.7 Å². The van der Waals surface area contributed by atoms with E-state index in [0.717, 1.165) is 11.3 Å². The van der Waals surface area contributed by atoms with Crippen LogP contribution in [0.2, 0.25) is 0 Å². The topological polar surface area (TPSA) is 77.1 Å². The molecule has 0 aliphatic rings. The molecule has 0 saturated heterocycles. The van der Waals surface area contributed by atoms with E-state index in [9.17, 15) is 4.79 Å². The molecule has 0 unspecified atom stereocenters. The van der Waals surface area contributed by atoms with E-state index in [1.165, 1.54) is 11.8 Å². The first-order valence-electron chi connectivity index (χ1n) is 6.79. The summed E-state index contributed by atoms with van der Waals surface area (Å²) in [6, 6.07) is 7.49. The molecule has 1 aromatic heterocycles. The number of carbonyl (C=O) groups is 1. The van der Waals surface area contributed by atoms with Crippen molar-refractivity contribution in [2.45, 2.75) is 31.5 Å². The Kier molecular flexibility index (Phi) is 5.07. The predicted molar refractivity (Wildman–Crippen MR) is 84.9 cm³/mol. The predicted octanol–water partition coefficient (Wildman–Crippen LogP) is 2.91. The molecule has 6 nitrogen and oxygen atoms in total. The minimum atomic E-state index is -0.481. The van der Waals surface area contributed by atoms with E-state index in [1.54, 1.807) is 7.11 Å². The Labute approximate surface area is 133 Å². The average molecular weight is 321 g/mol. The third-order valence-electron chi connectivity index (χ3n) is 2.57. The van der Waals surface area contributed by atoms with Gasteiger partial charge in [0.05, 0.1) is 12.9 Å². The Bertz CT molecular complexity index is 632. The van der Waals surface area contributed by atoms with Gasteiger partial charge in [-0.3, -0.25) is 9.89 Å². The van der Waals surface area contributed by atoms with Gasteiger partial charge in [-0.1, -0.05) is 11.8 Å². The van der Waals surface area contributed by atoms with Gasteiger partial charge in [-0.25, -0.2) is 4.98 Å². The third-order valence-corrected chi connectivity index (χ3v) is 3.39. The largest absolute Gasteiger partial charge is 0.497 e. The molecule has 1 aromatic carbocycles. The molecule has 2 aromatic rings. The van der Waals surface area contributed by atoms with Gasteiger partial charge in [0.2, 0.25) is 5.16 Å². The molecule has 0 amide bonds. The summed E-state index contributed by atoms with van der Waals surface area (Å²) in [7, 11) is 1.62. The maximum atomic E-state index is 11.7. The summed E-state index contributed by atoms with van der Waals surface area (Å²) in [5.41, 5.74) is 0.419. The Morgan fingerprint density at radius 2 is 1.95 bits per heavy atom. The van der Waals surface area contributed by atoms with Crippen LogP contribution in [0.3, 0.4) is 0 Å². The smallest absolute Gasteiger partial charge is 0.316 e. The van der Waals surface area contributed by atoms with E-state index in [2.05, 4.69) is 15.2 Å². The maximum Gasteiger partial charge on any atom is 0.316 e. The van der Waals surface area contributed by atoms with Gasteiger partial charge in [0.25, 0.3) is 0 Å². The van der Waals surface area contributed by atoms with Gasteiger partial charge in [0, 0.05) is 5.56 Å². The van der Waals surface area contributed by atoms with Crippen LogP contribution in [0.25, 0.3) is 11.4 Å². The molecule has 7 heteroatoms. The highest BCUT2D eigenvalue weighted by atomic mass is 32.2. The SMILES string of the molecule is COc1ccc(-c2nc(SCC(=O)OC(C)(C)C)n[nH]2)cc1. The standard InChI is InChI=1S/C15H19N3O3S/c1-15(2,3)21-12(19)9-22-14-16-13(17-18-14)10-5-7-11(20-4)8-6-10/h5-8H,9H2,1-4H3,(H,16,17,18). The molecule has 1 heterocycles. The van der Waals surface area contributed by atoms with Crippen molar-refractivity contribution in [3.8, 4) is 17.1 Å². The van der Waals surface area contributed by atoms with Crippen LogP contribution in [-0.2, 0) is 9.53 Å². The monoisotopic (exact) mass is 321 g/mol. The highest BCUT2D eigenvalue weighted by Gasteiger charge is 2.17. The number of aromatic nitrogens is 3. The van der Waals surface area contributed by atoms with Gasteiger partial charge in [0.1, 0.15) is 11.4 Å². The lowest BCUT2D eigenvalue weighted by Crippen LogP contribution is -2.24. The van der Waals surface area contributed by atoms with Crippen LogP contribution in [-0.4, -0.2) is 39.6 Å². The number of methoxy groups -OCH3 is 1. The van der Waals surface area contributed by atoms with Crippen LogP contribution in [0.4, 0.5) is 0 Å². The molecule has 0 spiro atoms. The molecule has 0 radical (unpaired) electrons. The summed E-state index contributed by atoms with van der Waals surface area (Å²) in [5.74, 6) is 1.32. The summed E-state index contributed by atoms with van der Waals surface area (Å²) in [6.45, 7) is 5.51. The number of rotatable bonds is 5. The van der Waals surface area contributed by atoms with Gasteiger partial charge < -0.3 is 9.47 Å². The molecule has 0 aliphatic heterocycles. The van der Waals surface area contributed by atoms with Crippen molar-refractivity contribution < 1.29 is 14.3 Å². The zero-order chi connectivity index (χ0) is 16.2. The highest BCUT2D eigenvalue weighted by Crippen LogP contribution is 2.22. The molecule has 0 saturated carbocycles. The van der Waals surface area contributed by atoms with E-state index < -0.39 is 5.60 Å². The van der Waals surface area contributed by atoms with Gasteiger partial charge in [-0.2, -0.15) is 0 Å². The molecular weight excluding hydrogens is 302 g/mol. The quantitative estimate of drug-likeness (QED) is 0.674. The summed E-state index contributed by atoms with van der Waals surface area (Å²) < 4.78 is 10.4. The Hall–Kier alpha value is -2.02. The number of nitrogens with zero attached hydrogens (tertiary/aromatic N) is 2. The van der Waals surface area contributed by atoms with E-state index in [0.29, 0.717) is 11.0 Å². The molecule has 0 aliphatic carbocycles. The fourth-order valence-electron chi connectivity index (χ4n) is 1.68. The van der Waals surface area contributed by atoms with Crippen LogP contribution in [0.5, 0.6) is 5.75 Å². The highest BCUT2D eigenvalue weighted by molar-refractivity contribution is 7.99. The van der Waals surface area contributed by atoms with Crippen molar-refractivity contribution in [2.24, 2.45) is 0 Å². The second-order valence-electron chi connectivity index (χ2n) is 5.57. The summed E-state index contributed by atoms with van der Waals surface area (Å²) in [5, 5.41) is 7.46. The number of ether oxygens (including phenoxy) is 2. The summed E-state index contributed by atoms with van der Waals surface area (Å²) in [4.78, 5) is 16.0. The average Bonchev–Trinajstić information content (AvgIpc) is 2.92. The Balaban J connectivity index is 1.95. The Morgan fingerprint density at radius 3 is 2.55 bits per heavy atom. The minimum absolute atomic E-state index is 0.178. The first-order chi connectivity index (χ1) is 10.4. The van der Waals surface area contributed by atoms with Crippen molar-refractivity contribution in [1.82, 2.24) is 15.2 Å². The lowest BCUT2D eigenvalue weighted by molar-refractivity contribution is -0.151. The van der Waals surface area contributed by atoms with Crippen LogP contribution in [0, 0.1) is 0 Å². The fraction of sp³-hybridized carbons (Fsp3) is 0.400. The Morgan fingerprint density at radius 1 is 1.27 bits per heavy atom.